The summed E-state index contributed by atoms with van der Waals surface area (Å²) in [6, 6.07) is 0.424. The number of amides is 1. The molecule has 0 spiro atoms. The number of esters is 1. The van der Waals surface area contributed by atoms with Crippen molar-refractivity contribution in [2.75, 3.05) is 6.54 Å². The number of fused-ring (bicyclic) bond motifs is 1. The monoisotopic (exact) mass is 391 g/mol. The Balaban J connectivity index is 1.81. The summed E-state index contributed by atoms with van der Waals surface area (Å²) in [5.74, 6) is 0.830. The summed E-state index contributed by atoms with van der Waals surface area (Å²) in [6.45, 7) is 10.5. The topological polar surface area (TPSA) is 66.8 Å². The zero-order valence-electron chi connectivity index (χ0n) is 18.1. The van der Waals surface area contributed by atoms with Gasteiger partial charge in [0.2, 0.25) is 5.91 Å². The summed E-state index contributed by atoms with van der Waals surface area (Å²) in [5, 5.41) is 11.7. The van der Waals surface area contributed by atoms with Crippen LogP contribution in [0.1, 0.15) is 73.1 Å². The molecule has 0 heterocycles. The van der Waals surface area contributed by atoms with Crippen LogP contribution < -0.4 is 0 Å². The zero-order chi connectivity index (χ0) is 20.6. The first kappa shape index (κ1) is 21.4. The Morgan fingerprint density at radius 3 is 2.57 bits per heavy atom. The van der Waals surface area contributed by atoms with Crippen molar-refractivity contribution >= 4 is 11.9 Å². The van der Waals surface area contributed by atoms with E-state index < -0.39 is 5.60 Å². The lowest BCUT2D eigenvalue weighted by Gasteiger charge is -2.53. The molecular formula is C23H37NO4. The first-order valence-electron chi connectivity index (χ1n) is 11.0. The van der Waals surface area contributed by atoms with Crippen LogP contribution in [0.4, 0.5) is 0 Å². The summed E-state index contributed by atoms with van der Waals surface area (Å²) in [4.78, 5) is 26.0. The lowest BCUT2D eigenvalue weighted by molar-refractivity contribution is -0.159. The third-order valence-corrected chi connectivity index (χ3v) is 7.42. The molecule has 5 nitrogen and oxygen atoms in total. The van der Waals surface area contributed by atoms with E-state index in [0.29, 0.717) is 30.7 Å². The highest BCUT2D eigenvalue weighted by molar-refractivity contribution is 5.76. The van der Waals surface area contributed by atoms with E-state index in [4.69, 9.17) is 4.74 Å². The highest BCUT2D eigenvalue weighted by atomic mass is 16.5. The van der Waals surface area contributed by atoms with Crippen molar-refractivity contribution in [2.45, 2.75) is 90.9 Å². The SMILES string of the molecule is CCC(=O)N(C[C@@H](C)[C@@H]1CC[C@@H](C)[C@]2(O)C[C@@H](OC(C)=O)C(C)=C[C@H]12)C1CC1. The molecule has 5 heteroatoms. The molecule has 3 aliphatic rings. The minimum Gasteiger partial charge on any atom is -0.458 e. The van der Waals surface area contributed by atoms with Gasteiger partial charge in [-0.3, -0.25) is 9.59 Å². The summed E-state index contributed by atoms with van der Waals surface area (Å²) in [7, 11) is 0. The molecule has 1 N–H and O–H groups in total. The Bertz CT molecular complexity index is 641. The smallest absolute Gasteiger partial charge is 0.303 e. The third-order valence-electron chi connectivity index (χ3n) is 7.42. The summed E-state index contributed by atoms with van der Waals surface area (Å²) in [6.07, 6.45) is 7.14. The third kappa shape index (κ3) is 4.14. The number of carbonyl (C=O) groups is 2. The van der Waals surface area contributed by atoms with Crippen LogP contribution >= 0.6 is 0 Å². The van der Waals surface area contributed by atoms with Crippen molar-refractivity contribution in [1.29, 1.82) is 0 Å². The van der Waals surface area contributed by atoms with Gasteiger partial charge in [-0.2, -0.15) is 0 Å². The van der Waals surface area contributed by atoms with E-state index in [0.717, 1.165) is 37.8 Å². The normalized spacial score (nSPS) is 36.1. The van der Waals surface area contributed by atoms with E-state index in [-0.39, 0.29) is 29.8 Å². The summed E-state index contributed by atoms with van der Waals surface area (Å²) >= 11 is 0. The molecule has 0 radical (unpaired) electrons. The molecule has 0 bridgehead atoms. The molecule has 0 aromatic carbocycles. The molecule has 0 aromatic rings. The Kier molecular flexibility index (Phi) is 6.23. The molecule has 158 valence electrons. The maximum Gasteiger partial charge on any atom is 0.303 e. The van der Waals surface area contributed by atoms with E-state index in [1.54, 1.807) is 0 Å². The van der Waals surface area contributed by atoms with Crippen LogP contribution in [0.3, 0.4) is 0 Å². The average molecular weight is 392 g/mol. The molecular weight excluding hydrogens is 354 g/mol. The first-order valence-corrected chi connectivity index (χ1v) is 11.0. The van der Waals surface area contributed by atoms with Gasteiger partial charge in [0.15, 0.2) is 0 Å². The second-order valence-corrected chi connectivity index (χ2v) is 9.48. The fraction of sp³-hybridized carbons (Fsp3) is 0.826. The minimum atomic E-state index is -0.851. The van der Waals surface area contributed by atoms with Crippen molar-refractivity contribution in [3.8, 4) is 0 Å². The number of ether oxygens (including phenoxy) is 1. The number of rotatable bonds is 6. The summed E-state index contributed by atoms with van der Waals surface area (Å²) in [5.41, 5.74) is 0.190. The molecule has 2 fully saturated rings. The quantitative estimate of drug-likeness (QED) is 0.554. The second kappa shape index (κ2) is 8.17. The van der Waals surface area contributed by atoms with Crippen LogP contribution in [-0.4, -0.2) is 46.2 Å². The molecule has 3 rings (SSSR count). The molecule has 1 amide bonds. The maximum absolute atomic E-state index is 12.4. The van der Waals surface area contributed by atoms with Crippen LogP contribution in [0.2, 0.25) is 0 Å². The zero-order valence-corrected chi connectivity index (χ0v) is 18.1. The number of nitrogens with zero attached hydrogens (tertiary/aromatic N) is 1. The van der Waals surface area contributed by atoms with Gasteiger partial charge < -0.3 is 14.7 Å². The molecule has 2 saturated carbocycles. The largest absolute Gasteiger partial charge is 0.458 e. The molecule has 0 saturated heterocycles. The van der Waals surface area contributed by atoms with Crippen molar-refractivity contribution < 1.29 is 19.4 Å². The second-order valence-electron chi connectivity index (χ2n) is 9.48. The van der Waals surface area contributed by atoms with E-state index in [1.165, 1.54) is 6.92 Å². The van der Waals surface area contributed by atoms with E-state index in [1.807, 2.05) is 13.8 Å². The Hall–Kier alpha value is -1.36. The predicted octanol–water partition coefficient (Wildman–Crippen LogP) is 3.70. The lowest BCUT2D eigenvalue weighted by Crippen LogP contribution is -2.56. The number of carbonyl (C=O) groups excluding carboxylic acids is 2. The minimum absolute atomic E-state index is 0.0517. The molecule has 3 aliphatic carbocycles. The van der Waals surface area contributed by atoms with E-state index in [9.17, 15) is 14.7 Å². The first-order chi connectivity index (χ1) is 13.2. The van der Waals surface area contributed by atoms with Gasteiger partial charge in [0.05, 0.1) is 5.60 Å². The summed E-state index contributed by atoms with van der Waals surface area (Å²) < 4.78 is 5.49. The molecule has 28 heavy (non-hydrogen) atoms. The standard InChI is InChI=1S/C23H37NO4/c1-6-22(26)24(18-8-9-18)13-15(3)19-10-7-16(4)23(27)12-21(28-17(5)25)14(2)11-20(19)23/h11,15-16,18-21,27H,6-10,12-13H2,1-5H3/t15-,16-,19+,20-,21-,23-/m1/s1. The van der Waals surface area contributed by atoms with Crippen LogP contribution in [0, 0.1) is 23.7 Å². The van der Waals surface area contributed by atoms with E-state index in [2.05, 4.69) is 24.8 Å². The van der Waals surface area contributed by atoms with Gasteiger partial charge in [-0.05, 0) is 55.9 Å². The Morgan fingerprint density at radius 2 is 2.00 bits per heavy atom. The van der Waals surface area contributed by atoms with Gasteiger partial charge in [0, 0.05) is 38.3 Å². The predicted molar refractivity (Wildman–Crippen MR) is 108 cm³/mol. The molecule has 6 atom stereocenters. The highest BCUT2D eigenvalue weighted by Crippen LogP contribution is 2.51. The van der Waals surface area contributed by atoms with Gasteiger partial charge in [-0.25, -0.2) is 0 Å². The lowest BCUT2D eigenvalue weighted by atomic mass is 9.57. The van der Waals surface area contributed by atoms with Gasteiger partial charge >= 0.3 is 5.97 Å². The van der Waals surface area contributed by atoms with Crippen LogP contribution in [0.25, 0.3) is 0 Å². The number of aliphatic hydroxyl groups is 1. The molecule has 0 aliphatic heterocycles. The molecule has 0 unspecified atom stereocenters. The van der Waals surface area contributed by atoms with Gasteiger partial charge in [-0.1, -0.05) is 26.8 Å². The average Bonchev–Trinajstić information content (AvgIpc) is 3.46. The van der Waals surface area contributed by atoms with Crippen LogP contribution in [0.5, 0.6) is 0 Å². The Labute approximate surface area is 169 Å². The van der Waals surface area contributed by atoms with Gasteiger partial charge in [0.1, 0.15) is 6.10 Å². The maximum atomic E-state index is 12.4. The fourth-order valence-electron chi connectivity index (χ4n) is 5.49. The Morgan fingerprint density at radius 1 is 1.32 bits per heavy atom. The van der Waals surface area contributed by atoms with E-state index >= 15 is 0 Å². The van der Waals surface area contributed by atoms with Crippen molar-refractivity contribution in [1.82, 2.24) is 4.90 Å². The van der Waals surface area contributed by atoms with Crippen molar-refractivity contribution in [2.24, 2.45) is 23.7 Å². The number of hydrogen-bond acceptors (Lipinski definition) is 4. The molecule has 0 aromatic heterocycles. The highest BCUT2D eigenvalue weighted by Gasteiger charge is 2.53. The fourth-order valence-corrected chi connectivity index (χ4v) is 5.49. The van der Waals surface area contributed by atoms with Gasteiger partial charge in [0.25, 0.3) is 0 Å². The van der Waals surface area contributed by atoms with Crippen molar-refractivity contribution in [3.63, 3.8) is 0 Å². The van der Waals surface area contributed by atoms with Crippen LogP contribution in [-0.2, 0) is 14.3 Å². The number of hydrogen-bond donors (Lipinski definition) is 1. The van der Waals surface area contributed by atoms with Crippen molar-refractivity contribution in [3.05, 3.63) is 11.6 Å². The van der Waals surface area contributed by atoms with Crippen LogP contribution in [0.15, 0.2) is 11.6 Å². The van der Waals surface area contributed by atoms with Gasteiger partial charge in [-0.15, -0.1) is 0 Å².